The lowest BCUT2D eigenvalue weighted by Gasteiger charge is -2.12. The van der Waals surface area contributed by atoms with Crippen molar-refractivity contribution in [2.75, 3.05) is 7.05 Å². The second kappa shape index (κ2) is 4.55. The Morgan fingerprint density at radius 1 is 1.33 bits per heavy atom. The summed E-state index contributed by atoms with van der Waals surface area (Å²) in [6.45, 7) is 0. The molecule has 0 saturated carbocycles. The lowest BCUT2D eigenvalue weighted by Crippen LogP contribution is -2.18. The Bertz CT molecular complexity index is 408. The van der Waals surface area contributed by atoms with Gasteiger partial charge in [-0.2, -0.15) is 0 Å². The topological polar surface area (TPSA) is 38.3 Å². The molecule has 2 aromatic heterocycles. The van der Waals surface area contributed by atoms with Gasteiger partial charge in [0.1, 0.15) is 5.76 Å². The zero-order valence-electron chi connectivity index (χ0n) is 8.37. The van der Waals surface area contributed by atoms with Crippen LogP contribution in [-0.4, -0.2) is 7.05 Å². The zero-order chi connectivity index (χ0) is 10.7. The van der Waals surface area contributed by atoms with E-state index in [1.807, 2.05) is 25.2 Å². The molecule has 2 heterocycles. The van der Waals surface area contributed by atoms with E-state index in [0.29, 0.717) is 5.22 Å². The highest BCUT2D eigenvalue weighted by molar-refractivity contribution is 6.29. The van der Waals surface area contributed by atoms with Gasteiger partial charge in [0.25, 0.3) is 0 Å². The van der Waals surface area contributed by atoms with Crippen molar-refractivity contribution in [2.24, 2.45) is 0 Å². The van der Waals surface area contributed by atoms with Crippen molar-refractivity contribution in [3.63, 3.8) is 0 Å². The van der Waals surface area contributed by atoms with E-state index in [1.165, 1.54) is 0 Å². The maximum atomic E-state index is 5.92. The molecular formula is C11H12ClNO2. The van der Waals surface area contributed by atoms with Crippen LogP contribution in [0.1, 0.15) is 17.4 Å². The fourth-order valence-corrected chi connectivity index (χ4v) is 1.80. The molecule has 4 heteroatoms. The Kier molecular flexibility index (Phi) is 3.14. The highest BCUT2D eigenvalue weighted by Gasteiger charge is 2.16. The lowest BCUT2D eigenvalue weighted by atomic mass is 10.1. The van der Waals surface area contributed by atoms with Crippen molar-refractivity contribution >= 4 is 11.6 Å². The number of halogens is 1. The summed E-state index contributed by atoms with van der Waals surface area (Å²) in [5, 5.41) is 3.61. The summed E-state index contributed by atoms with van der Waals surface area (Å²) in [5.74, 6) is 0.923. The van der Waals surface area contributed by atoms with Gasteiger partial charge >= 0.3 is 0 Å². The van der Waals surface area contributed by atoms with Gasteiger partial charge < -0.3 is 14.2 Å². The molecule has 0 spiro atoms. The van der Waals surface area contributed by atoms with Gasteiger partial charge in [-0.15, -0.1) is 0 Å². The first-order chi connectivity index (χ1) is 7.31. The van der Waals surface area contributed by atoms with Crippen LogP contribution in [0.25, 0.3) is 0 Å². The minimum Gasteiger partial charge on any atom is -0.469 e. The molecule has 0 amide bonds. The summed E-state index contributed by atoms with van der Waals surface area (Å²) < 4.78 is 10.4. The molecule has 0 saturated heterocycles. The molecule has 0 bridgehead atoms. The van der Waals surface area contributed by atoms with E-state index >= 15 is 0 Å². The van der Waals surface area contributed by atoms with E-state index < -0.39 is 0 Å². The molecule has 3 nitrogen and oxygen atoms in total. The van der Waals surface area contributed by atoms with Gasteiger partial charge in [-0.3, -0.25) is 0 Å². The Balaban J connectivity index is 2.15. The Labute approximate surface area is 93.0 Å². The molecule has 0 radical (unpaired) electrons. The summed E-state index contributed by atoms with van der Waals surface area (Å²) in [4.78, 5) is 0. The molecule has 15 heavy (non-hydrogen) atoms. The molecule has 1 atom stereocenters. The Morgan fingerprint density at radius 2 is 2.20 bits per heavy atom. The maximum Gasteiger partial charge on any atom is 0.197 e. The van der Waals surface area contributed by atoms with Gasteiger partial charge in [0, 0.05) is 18.0 Å². The fourth-order valence-electron chi connectivity index (χ4n) is 1.55. The van der Waals surface area contributed by atoms with Crippen molar-refractivity contribution in [3.8, 4) is 0 Å². The number of rotatable bonds is 4. The molecule has 0 aliphatic heterocycles. The Morgan fingerprint density at radius 3 is 2.73 bits per heavy atom. The average Bonchev–Trinajstić information content (AvgIpc) is 2.85. The number of nitrogens with one attached hydrogen (secondary N) is 1. The number of hydrogen-bond donors (Lipinski definition) is 1. The molecule has 0 aliphatic carbocycles. The number of furan rings is 2. The summed E-state index contributed by atoms with van der Waals surface area (Å²) >= 11 is 5.92. The van der Waals surface area contributed by atoms with Gasteiger partial charge in [0.05, 0.1) is 12.5 Å². The molecule has 1 unspecified atom stereocenters. The number of hydrogen-bond acceptors (Lipinski definition) is 3. The second-order valence-corrected chi connectivity index (χ2v) is 3.62. The second-order valence-electron chi connectivity index (χ2n) is 3.27. The normalized spacial score (nSPS) is 12.9. The largest absolute Gasteiger partial charge is 0.469 e. The minimum atomic E-state index is 0.113. The van der Waals surface area contributed by atoms with E-state index in [1.54, 1.807) is 12.5 Å². The number of likely N-dealkylation sites (N-methyl/N-ethyl adjacent to an activating group) is 1. The van der Waals surface area contributed by atoms with Gasteiger partial charge in [-0.05, 0) is 36.8 Å². The van der Waals surface area contributed by atoms with Crippen molar-refractivity contribution in [2.45, 2.75) is 12.5 Å². The highest BCUT2D eigenvalue weighted by Crippen LogP contribution is 2.26. The van der Waals surface area contributed by atoms with Gasteiger partial charge in [0.2, 0.25) is 0 Å². The van der Waals surface area contributed by atoms with Crippen molar-refractivity contribution < 1.29 is 8.83 Å². The average molecular weight is 226 g/mol. The lowest BCUT2D eigenvalue weighted by molar-refractivity contribution is 0.463. The van der Waals surface area contributed by atoms with Crippen LogP contribution in [0.15, 0.2) is 39.6 Å². The molecule has 80 valence electrons. The standard InChI is InChI=1S/C11H12ClNO2/c1-13-10(7-8-3-2-5-14-8)9-4-6-15-11(9)12/h2-6,10,13H,7H2,1H3. The van der Waals surface area contributed by atoms with E-state index in [0.717, 1.165) is 17.7 Å². The van der Waals surface area contributed by atoms with Crippen LogP contribution < -0.4 is 5.32 Å². The SMILES string of the molecule is CNC(Cc1ccco1)c1ccoc1Cl. The first-order valence-electron chi connectivity index (χ1n) is 4.74. The Hall–Kier alpha value is -1.19. The van der Waals surface area contributed by atoms with Gasteiger partial charge in [-0.1, -0.05) is 0 Å². The summed E-state index contributed by atoms with van der Waals surface area (Å²) in [7, 11) is 1.89. The smallest absolute Gasteiger partial charge is 0.197 e. The molecule has 0 fully saturated rings. The van der Waals surface area contributed by atoms with Gasteiger partial charge in [0.15, 0.2) is 5.22 Å². The molecular weight excluding hydrogens is 214 g/mol. The van der Waals surface area contributed by atoms with Crippen LogP contribution in [0, 0.1) is 0 Å². The van der Waals surface area contributed by atoms with E-state index in [9.17, 15) is 0 Å². The third-order valence-electron chi connectivity index (χ3n) is 2.36. The van der Waals surface area contributed by atoms with Crippen LogP contribution >= 0.6 is 11.6 Å². The van der Waals surface area contributed by atoms with Crippen LogP contribution in [0.3, 0.4) is 0 Å². The van der Waals surface area contributed by atoms with E-state index in [2.05, 4.69) is 5.32 Å². The fraction of sp³-hybridized carbons (Fsp3) is 0.273. The zero-order valence-corrected chi connectivity index (χ0v) is 9.12. The van der Waals surface area contributed by atoms with E-state index in [4.69, 9.17) is 20.4 Å². The van der Waals surface area contributed by atoms with Crippen molar-refractivity contribution in [1.82, 2.24) is 5.32 Å². The van der Waals surface area contributed by atoms with Crippen LogP contribution in [-0.2, 0) is 6.42 Å². The van der Waals surface area contributed by atoms with Crippen molar-refractivity contribution in [1.29, 1.82) is 0 Å². The van der Waals surface area contributed by atoms with Crippen LogP contribution in [0.2, 0.25) is 5.22 Å². The van der Waals surface area contributed by atoms with Crippen LogP contribution in [0.5, 0.6) is 0 Å². The molecule has 0 aromatic carbocycles. The predicted molar refractivity (Wildman–Crippen MR) is 57.9 cm³/mol. The maximum absolute atomic E-state index is 5.92. The first kappa shape index (κ1) is 10.3. The van der Waals surface area contributed by atoms with E-state index in [-0.39, 0.29) is 6.04 Å². The summed E-state index contributed by atoms with van der Waals surface area (Å²) in [6.07, 6.45) is 4.01. The first-order valence-corrected chi connectivity index (χ1v) is 5.11. The predicted octanol–water partition coefficient (Wildman–Crippen LogP) is 3.03. The monoisotopic (exact) mass is 225 g/mol. The van der Waals surface area contributed by atoms with Crippen molar-refractivity contribution in [3.05, 3.63) is 47.3 Å². The quantitative estimate of drug-likeness (QED) is 0.869. The third kappa shape index (κ3) is 2.25. The summed E-state index contributed by atoms with van der Waals surface area (Å²) in [6, 6.07) is 5.80. The molecule has 2 aromatic rings. The van der Waals surface area contributed by atoms with Gasteiger partial charge in [-0.25, -0.2) is 0 Å². The third-order valence-corrected chi connectivity index (χ3v) is 2.66. The molecule has 1 N–H and O–H groups in total. The minimum absolute atomic E-state index is 0.113. The highest BCUT2D eigenvalue weighted by atomic mass is 35.5. The van der Waals surface area contributed by atoms with Crippen LogP contribution in [0.4, 0.5) is 0 Å². The molecule has 2 rings (SSSR count). The molecule has 0 aliphatic rings. The summed E-state index contributed by atoms with van der Waals surface area (Å²) in [5.41, 5.74) is 0.954.